The van der Waals surface area contributed by atoms with Gasteiger partial charge < -0.3 is 15.8 Å². The summed E-state index contributed by atoms with van der Waals surface area (Å²) in [6.45, 7) is 5.99. The molecule has 3 aliphatic rings. The fourth-order valence-electron chi connectivity index (χ4n) is 5.06. The summed E-state index contributed by atoms with van der Waals surface area (Å²) in [6, 6.07) is 0.643. The second-order valence-electron chi connectivity index (χ2n) is 8.88. The van der Waals surface area contributed by atoms with Gasteiger partial charge in [0.05, 0.1) is 5.92 Å². The van der Waals surface area contributed by atoms with E-state index in [1.807, 2.05) is 0 Å². The van der Waals surface area contributed by atoms with Gasteiger partial charge in [-0.3, -0.25) is 9.69 Å². The van der Waals surface area contributed by atoms with Crippen LogP contribution in [0, 0.1) is 12.8 Å². The lowest BCUT2D eigenvalue weighted by molar-refractivity contribution is -0.125. The Bertz CT molecular complexity index is 719. The molecule has 7 nitrogen and oxygen atoms in total. The third-order valence-corrected chi connectivity index (χ3v) is 6.72. The molecule has 1 amide bonds. The van der Waals surface area contributed by atoms with Crippen LogP contribution < -0.4 is 11.1 Å². The molecule has 29 heavy (non-hydrogen) atoms. The van der Waals surface area contributed by atoms with Crippen LogP contribution in [0.4, 0.5) is 0 Å². The lowest BCUT2D eigenvalue weighted by atomic mass is 10.0. The van der Waals surface area contributed by atoms with Gasteiger partial charge in [0.2, 0.25) is 5.91 Å². The zero-order valence-corrected chi connectivity index (χ0v) is 17.7. The van der Waals surface area contributed by atoms with E-state index >= 15 is 0 Å². The first-order chi connectivity index (χ1) is 14.1. The standard InChI is InChI=1S/C22H35N5O2/c1-15-19-3-2-4-20(19)26-21(25-15)7-10-24-22(28)16-5-6-17(23)14-27(13-16)18-8-11-29-12-9-18/h16-18H,2-14,23H2,1H3,(H,24,28)/t16-,17+/m1/s1. The molecule has 2 atom stereocenters. The van der Waals surface area contributed by atoms with Crippen LogP contribution in [-0.2, 0) is 28.8 Å². The van der Waals surface area contributed by atoms with Crippen LogP contribution in [0.5, 0.6) is 0 Å². The van der Waals surface area contributed by atoms with E-state index in [0.717, 1.165) is 76.3 Å². The molecule has 2 aliphatic heterocycles. The summed E-state index contributed by atoms with van der Waals surface area (Å²) in [6.07, 6.45) is 7.88. The summed E-state index contributed by atoms with van der Waals surface area (Å²) in [4.78, 5) is 24.7. The zero-order chi connectivity index (χ0) is 20.2. The van der Waals surface area contributed by atoms with E-state index in [1.165, 1.54) is 17.7 Å². The number of nitrogens with one attached hydrogen (secondary N) is 1. The fourth-order valence-corrected chi connectivity index (χ4v) is 5.06. The number of aromatic nitrogens is 2. The zero-order valence-electron chi connectivity index (χ0n) is 17.7. The van der Waals surface area contributed by atoms with Crippen molar-refractivity contribution in [1.29, 1.82) is 0 Å². The van der Waals surface area contributed by atoms with Crippen molar-refractivity contribution in [2.75, 3.05) is 32.8 Å². The average Bonchev–Trinajstić information content (AvgIpc) is 3.11. The van der Waals surface area contributed by atoms with E-state index in [4.69, 9.17) is 15.5 Å². The van der Waals surface area contributed by atoms with Gasteiger partial charge in [0.1, 0.15) is 5.82 Å². The summed E-state index contributed by atoms with van der Waals surface area (Å²) in [7, 11) is 0. The van der Waals surface area contributed by atoms with E-state index in [-0.39, 0.29) is 17.9 Å². The quantitative estimate of drug-likeness (QED) is 0.769. The van der Waals surface area contributed by atoms with Crippen LogP contribution in [0.3, 0.4) is 0 Å². The van der Waals surface area contributed by atoms with Crippen LogP contribution in [0.15, 0.2) is 0 Å². The van der Waals surface area contributed by atoms with E-state index in [0.29, 0.717) is 19.0 Å². The lowest BCUT2D eigenvalue weighted by Crippen LogP contribution is -2.47. The third-order valence-electron chi connectivity index (χ3n) is 6.72. The van der Waals surface area contributed by atoms with Crippen LogP contribution >= 0.6 is 0 Å². The molecule has 2 saturated heterocycles. The van der Waals surface area contributed by atoms with Crippen molar-refractivity contribution in [2.45, 2.75) is 70.4 Å². The van der Waals surface area contributed by atoms with Crippen LogP contribution in [0.2, 0.25) is 0 Å². The van der Waals surface area contributed by atoms with Crippen molar-refractivity contribution < 1.29 is 9.53 Å². The Morgan fingerprint density at radius 3 is 2.83 bits per heavy atom. The van der Waals surface area contributed by atoms with E-state index in [1.54, 1.807) is 0 Å². The molecule has 0 radical (unpaired) electrons. The first-order valence-corrected chi connectivity index (χ1v) is 11.3. The summed E-state index contributed by atoms with van der Waals surface area (Å²) < 4.78 is 5.51. The maximum absolute atomic E-state index is 12.9. The van der Waals surface area contributed by atoms with Gasteiger partial charge >= 0.3 is 0 Å². The number of nitrogens with two attached hydrogens (primary N) is 1. The number of amides is 1. The number of likely N-dealkylation sites (tertiary alicyclic amines) is 1. The fraction of sp³-hybridized carbons (Fsp3) is 0.773. The number of ether oxygens (including phenoxy) is 1. The molecule has 1 aromatic rings. The molecule has 160 valence electrons. The van der Waals surface area contributed by atoms with Crippen molar-refractivity contribution in [3.8, 4) is 0 Å². The van der Waals surface area contributed by atoms with Crippen LogP contribution in [0.25, 0.3) is 0 Å². The molecule has 0 saturated carbocycles. The number of nitrogens with zero attached hydrogens (tertiary/aromatic N) is 3. The highest BCUT2D eigenvalue weighted by atomic mass is 16.5. The van der Waals surface area contributed by atoms with E-state index < -0.39 is 0 Å². The minimum Gasteiger partial charge on any atom is -0.381 e. The summed E-state index contributed by atoms with van der Waals surface area (Å²) in [5, 5.41) is 3.14. The molecule has 1 aliphatic carbocycles. The molecule has 0 aromatic carbocycles. The van der Waals surface area contributed by atoms with Gasteiger partial charge in [-0.05, 0) is 57.4 Å². The monoisotopic (exact) mass is 401 g/mol. The van der Waals surface area contributed by atoms with Crippen LogP contribution in [0.1, 0.15) is 54.9 Å². The van der Waals surface area contributed by atoms with Crippen molar-refractivity contribution in [3.05, 3.63) is 22.8 Å². The number of fused-ring (bicyclic) bond motifs is 1. The molecule has 3 heterocycles. The van der Waals surface area contributed by atoms with E-state index in [2.05, 4.69) is 22.1 Å². The largest absolute Gasteiger partial charge is 0.381 e. The predicted molar refractivity (Wildman–Crippen MR) is 112 cm³/mol. The molecular formula is C22H35N5O2. The second-order valence-corrected chi connectivity index (χ2v) is 8.88. The number of aryl methyl sites for hydroxylation is 2. The highest BCUT2D eigenvalue weighted by Crippen LogP contribution is 2.23. The molecule has 0 unspecified atom stereocenters. The number of rotatable bonds is 5. The van der Waals surface area contributed by atoms with Crippen molar-refractivity contribution in [3.63, 3.8) is 0 Å². The highest BCUT2D eigenvalue weighted by molar-refractivity contribution is 5.78. The molecule has 0 bridgehead atoms. The van der Waals surface area contributed by atoms with Crippen molar-refractivity contribution in [1.82, 2.24) is 20.2 Å². The molecule has 1 aromatic heterocycles. The molecular weight excluding hydrogens is 366 g/mol. The molecule has 7 heteroatoms. The second kappa shape index (κ2) is 9.49. The van der Waals surface area contributed by atoms with Gasteiger partial charge in [0.25, 0.3) is 0 Å². The van der Waals surface area contributed by atoms with Gasteiger partial charge in [-0.2, -0.15) is 0 Å². The number of carbonyl (C=O) groups excluding carboxylic acids is 1. The minimum absolute atomic E-state index is 0.00840. The van der Waals surface area contributed by atoms with Gasteiger partial charge in [-0.1, -0.05) is 0 Å². The number of hydrogen-bond donors (Lipinski definition) is 2. The minimum atomic E-state index is 0.00840. The van der Waals surface area contributed by atoms with Gasteiger partial charge in [-0.15, -0.1) is 0 Å². The Balaban J connectivity index is 1.31. The van der Waals surface area contributed by atoms with E-state index in [9.17, 15) is 4.79 Å². The molecule has 0 spiro atoms. The summed E-state index contributed by atoms with van der Waals surface area (Å²) in [5.74, 6) is 1.01. The number of carbonyl (C=O) groups is 1. The lowest BCUT2D eigenvalue weighted by Gasteiger charge is -2.35. The molecule has 3 N–H and O–H groups in total. The Labute approximate surface area is 173 Å². The summed E-state index contributed by atoms with van der Waals surface area (Å²) >= 11 is 0. The molecule has 4 rings (SSSR count). The Kier molecular flexibility index (Phi) is 6.77. The Morgan fingerprint density at radius 2 is 2.00 bits per heavy atom. The topological polar surface area (TPSA) is 93.4 Å². The first-order valence-electron chi connectivity index (χ1n) is 11.3. The van der Waals surface area contributed by atoms with Crippen molar-refractivity contribution >= 4 is 5.91 Å². The SMILES string of the molecule is Cc1nc(CCNC(=O)[C@@H]2CC[C@H](N)CN(C3CCOCC3)C2)nc2c1CCC2. The Morgan fingerprint density at radius 1 is 1.17 bits per heavy atom. The van der Waals surface area contributed by atoms with Crippen LogP contribution in [-0.4, -0.2) is 65.7 Å². The first kappa shape index (κ1) is 20.7. The van der Waals surface area contributed by atoms with Crippen molar-refractivity contribution in [2.24, 2.45) is 11.7 Å². The predicted octanol–water partition coefficient (Wildman–Crippen LogP) is 1.15. The van der Waals surface area contributed by atoms with Gasteiger partial charge in [0.15, 0.2) is 0 Å². The highest BCUT2D eigenvalue weighted by Gasteiger charge is 2.31. The summed E-state index contributed by atoms with van der Waals surface area (Å²) in [5.41, 5.74) is 9.96. The molecule has 2 fully saturated rings. The van der Waals surface area contributed by atoms with Gasteiger partial charge in [-0.25, -0.2) is 9.97 Å². The van der Waals surface area contributed by atoms with Gasteiger partial charge in [0, 0.05) is 62.7 Å². The Hall–Kier alpha value is -1.57. The maximum atomic E-state index is 12.9. The smallest absolute Gasteiger partial charge is 0.224 e. The third kappa shape index (κ3) is 5.13. The average molecular weight is 402 g/mol. The number of hydrogen-bond acceptors (Lipinski definition) is 6. The normalized spacial score (nSPS) is 26.1. The maximum Gasteiger partial charge on any atom is 0.224 e.